The van der Waals surface area contributed by atoms with Crippen molar-refractivity contribution in [3.8, 4) is 0 Å². The van der Waals surface area contributed by atoms with E-state index < -0.39 is 0 Å². The number of nitrogens with zero attached hydrogens (tertiary/aromatic N) is 2. The van der Waals surface area contributed by atoms with Gasteiger partial charge in [0.1, 0.15) is 0 Å². The molecule has 22 heavy (non-hydrogen) atoms. The van der Waals surface area contributed by atoms with Crippen LogP contribution >= 0.6 is 11.8 Å². The van der Waals surface area contributed by atoms with E-state index in [4.69, 9.17) is 4.52 Å². The first kappa shape index (κ1) is 15.6. The minimum Gasteiger partial charge on any atom is -0.340 e. The summed E-state index contributed by atoms with van der Waals surface area (Å²) in [7, 11) is 0. The van der Waals surface area contributed by atoms with E-state index in [1.165, 1.54) is 18.4 Å². The second kappa shape index (κ2) is 7.29. The van der Waals surface area contributed by atoms with Crippen LogP contribution < -0.4 is 5.32 Å². The zero-order valence-electron chi connectivity index (χ0n) is 13.0. The van der Waals surface area contributed by atoms with E-state index in [1.54, 1.807) is 0 Å². The Morgan fingerprint density at radius 2 is 2.00 bits per heavy atom. The topological polar surface area (TPSA) is 51.0 Å². The lowest BCUT2D eigenvalue weighted by Crippen LogP contribution is -2.42. The highest BCUT2D eigenvalue weighted by Gasteiger charge is 2.39. The summed E-state index contributed by atoms with van der Waals surface area (Å²) in [5.74, 6) is 3.65. The molecule has 1 aliphatic carbocycles. The van der Waals surface area contributed by atoms with E-state index in [9.17, 15) is 0 Å². The summed E-state index contributed by atoms with van der Waals surface area (Å²) in [4.78, 5) is 4.46. The SMILES string of the molecule is Cc1nc(C2(NCCSCc3ccccc3)CCCC2)no1. The molecule has 1 fully saturated rings. The Morgan fingerprint density at radius 3 is 2.68 bits per heavy atom. The third-order valence-electron chi connectivity index (χ3n) is 4.23. The van der Waals surface area contributed by atoms with Crippen LogP contribution in [0.25, 0.3) is 0 Å². The Labute approximate surface area is 136 Å². The molecule has 118 valence electrons. The van der Waals surface area contributed by atoms with Crippen molar-refractivity contribution in [2.24, 2.45) is 0 Å². The molecule has 1 aromatic carbocycles. The normalized spacial score (nSPS) is 17.0. The smallest absolute Gasteiger partial charge is 0.223 e. The number of nitrogens with one attached hydrogen (secondary N) is 1. The molecule has 0 bridgehead atoms. The molecule has 0 atom stereocenters. The number of benzene rings is 1. The van der Waals surface area contributed by atoms with Crippen molar-refractivity contribution in [3.63, 3.8) is 0 Å². The molecule has 2 aromatic rings. The highest BCUT2D eigenvalue weighted by molar-refractivity contribution is 7.98. The minimum absolute atomic E-state index is 0.0644. The highest BCUT2D eigenvalue weighted by Crippen LogP contribution is 2.37. The average Bonchev–Trinajstić information content (AvgIpc) is 3.18. The van der Waals surface area contributed by atoms with E-state index >= 15 is 0 Å². The fourth-order valence-electron chi connectivity index (χ4n) is 3.08. The molecule has 0 aliphatic heterocycles. The predicted molar refractivity (Wildman–Crippen MR) is 89.8 cm³/mol. The van der Waals surface area contributed by atoms with Crippen LogP contribution in [0.1, 0.15) is 43.0 Å². The van der Waals surface area contributed by atoms with Gasteiger partial charge in [0.25, 0.3) is 0 Å². The van der Waals surface area contributed by atoms with Crippen LogP contribution in [0, 0.1) is 6.92 Å². The second-order valence-corrected chi connectivity index (χ2v) is 7.00. The molecule has 0 amide bonds. The fraction of sp³-hybridized carbons (Fsp3) is 0.529. The summed E-state index contributed by atoms with van der Waals surface area (Å²) >= 11 is 1.96. The van der Waals surface area contributed by atoms with Gasteiger partial charge in [-0.05, 0) is 18.4 Å². The van der Waals surface area contributed by atoms with Gasteiger partial charge in [-0.1, -0.05) is 48.3 Å². The average molecular weight is 317 g/mol. The molecule has 1 saturated carbocycles. The van der Waals surface area contributed by atoms with Crippen molar-refractivity contribution in [2.75, 3.05) is 12.3 Å². The lowest BCUT2D eigenvalue weighted by atomic mass is 9.97. The van der Waals surface area contributed by atoms with Crippen molar-refractivity contribution < 1.29 is 4.52 Å². The van der Waals surface area contributed by atoms with Gasteiger partial charge < -0.3 is 9.84 Å². The summed E-state index contributed by atoms with van der Waals surface area (Å²) < 4.78 is 5.18. The third-order valence-corrected chi connectivity index (χ3v) is 5.26. The van der Waals surface area contributed by atoms with E-state index in [0.717, 1.165) is 36.7 Å². The van der Waals surface area contributed by atoms with Gasteiger partial charge in [-0.3, -0.25) is 0 Å². The first-order valence-electron chi connectivity index (χ1n) is 7.96. The highest BCUT2D eigenvalue weighted by atomic mass is 32.2. The quantitative estimate of drug-likeness (QED) is 0.790. The Morgan fingerprint density at radius 1 is 1.23 bits per heavy atom. The zero-order valence-corrected chi connectivity index (χ0v) is 13.9. The van der Waals surface area contributed by atoms with Gasteiger partial charge in [-0.15, -0.1) is 0 Å². The van der Waals surface area contributed by atoms with Gasteiger partial charge in [-0.2, -0.15) is 16.7 Å². The first-order valence-corrected chi connectivity index (χ1v) is 9.11. The number of hydrogen-bond donors (Lipinski definition) is 1. The Bertz CT molecular complexity index is 579. The molecular formula is C17H23N3OS. The van der Waals surface area contributed by atoms with Crippen LogP contribution in [0.4, 0.5) is 0 Å². The molecule has 0 saturated heterocycles. The molecule has 0 radical (unpaired) electrons. The number of aromatic nitrogens is 2. The summed E-state index contributed by atoms with van der Waals surface area (Å²) in [6.45, 7) is 2.83. The molecule has 1 heterocycles. The van der Waals surface area contributed by atoms with Crippen molar-refractivity contribution >= 4 is 11.8 Å². The van der Waals surface area contributed by atoms with Gasteiger partial charge in [0.15, 0.2) is 5.82 Å². The van der Waals surface area contributed by atoms with Crippen LogP contribution in [0.2, 0.25) is 0 Å². The Balaban J connectivity index is 1.48. The van der Waals surface area contributed by atoms with Crippen molar-refractivity contribution in [3.05, 3.63) is 47.6 Å². The van der Waals surface area contributed by atoms with Gasteiger partial charge in [0.2, 0.25) is 5.89 Å². The fourth-order valence-corrected chi connectivity index (χ4v) is 3.90. The number of aryl methyl sites for hydroxylation is 1. The van der Waals surface area contributed by atoms with E-state index in [0.29, 0.717) is 5.89 Å². The van der Waals surface area contributed by atoms with Gasteiger partial charge in [0, 0.05) is 25.0 Å². The van der Waals surface area contributed by atoms with E-state index in [1.807, 2.05) is 18.7 Å². The van der Waals surface area contributed by atoms with Crippen LogP contribution in [0.3, 0.4) is 0 Å². The molecule has 0 spiro atoms. The maximum Gasteiger partial charge on any atom is 0.223 e. The summed E-state index contributed by atoms with van der Waals surface area (Å²) in [5.41, 5.74) is 1.32. The van der Waals surface area contributed by atoms with Gasteiger partial charge >= 0.3 is 0 Å². The van der Waals surface area contributed by atoms with Crippen LogP contribution in [0.5, 0.6) is 0 Å². The number of rotatable bonds is 7. The maximum absolute atomic E-state index is 5.18. The van der Waals surface area contributed by atoms with Gasteiger partial charge in [-0.25, -0.2) is 0 Å². The summed E-state index contributed by atoms with van der Waals surface area (Å²) in [6, 6.07) is 10.6. The molecule has 3 rings (SSSR count). The van der Waals surface area contributed by atoms with Crippen LogP contribution in [-0.4, -0.2) is 22.4 Å². The lowest BCUT2D eigenvalue weighted by molar-refractivity contribution is 0.306. The Hall–Kier alpha value is -1.33. The largest absolute Gasteiger partial charge is 0.340 e. The predicted octanol–water partition coefficient (Wildman–Crippen LogP) is 3.67. The monoisotopic (exact) mass is 317 g/mol. The number of thioether (sulfide) groups is 1. The van der Waals surface area contributed by atoms with Crippen LogP contribution in [-0.2, 0) is 11.3 Å². The molecule has 5 heteroatoms. The van der Waals surface area contributed by atoms with Crippen molar-refractivity contribution in [1.82, 2.24) is 15.5 Å². The molecule has 1 aromatic heterocycles. The standard InChI is InChI=1S/C17H23N3OS/c1-14-19-16(20-21-14)17(9-5-6-10-17)18-11-12-22-13-15-7-3-2-4-8-15/h2-4,7-8,18H,5-6,9-13H2,1H3. The zero-order chi connectivity index (χ0) is 15.3. The number of hydrogen-bond acceptors (Lipinski definition) is 5. The second-order valence-electron chi connectivity index (χ2n) is 5.89. The third kappa shape index (κ3) is 3.70. The summed E-state index contributed by atoms with van der Waals surface area (Å²) in [6.07, 6.45) is 4.68. The van der Waals surface area contributed by atoms with Gasteiger partial charge in [0.05, 0.1) is 5.54 Å². The molecule has 1 N–H and O–H groups in total. The molecule has 4 nitrogen and oxygen atoms in total. The lowest BCUT2D eigenvalue weighted by Gasteiger charge is -2.26. The van der Waals surface area contributed by atoms with E-state index in [-0.39, 0.29) is 5.54 Å². The first-order chi connectivity index (χ1) is 10.8. The summed E-state index contributed by atoms with van der Waals surface area (Å²) in [5, 5.41) is 7.87. The minimum atomic E-state index is -0.0644. The van der Waals surface area contributed by atoms with Crippen LogP contribution in [0.15, 0.2) is 34.9 Å². The molecular weight excluding hydrogens is 294 g/mol. The van der Waals surface area contributed by atoms with E-state index in [2.05, 4.69) is 45.8 Å². The maximum atomic E-state index is 5.18. The van der Waals surface area contributed by atoms with Crippen molar-refractivity contribution in [2.45, 2.75) is 43.9 Å². The molecule has 1 aliphatic rings. The molecule has 0 unspecified atom stereocenters. The Kier molecular flexibility index (Phi) is 5.16. The van der Waals surface area contributed by atoms with Crippen molar-refractivity contribution in [1.29, 1.82) is 0 Å².